The molecule has 0 unspecified atom stereocenters. The highest BCUT2D eigenvalue weighted by Crippen LogP contribution is 2.32. The molecular formula is C21H18N8. The molecule has 4 heterocycles. The summed E-state index contributed by atoms with van der Waals surface area (Å²) in [5.41, 5.74) is 11.6. The third kappa shape index (κ3) is 3.07. The van der Waals surface area contributed by atoms with Gasteiger partial charge in [-0.25, -0.2) is 19.5 Å². The minimum atomic E-state index is 0.407. The maximum atomic E-state index is 9.10. The van der Waals surface area contributed by atoms with Crippen molar-refractivity contribution in [2.75, 3.05) is 18.8 Å². The average Bonchev–Trinajstić information content (AvgIpc) is 3.16. The van der Waals surface area contributed by atoms with Crippen molar-refractivity contribution in [1.82, 2.24) is 29.5 Å². The summed E-state index contributed by atoms with van der Waals surface area (Å²) >= 11 is 0. The molecule has 29 heavy (non-hydrogen) atoms. The lowest BCUT2D eigenvalue weighted by Gasteiger charge is -2.29. The lowest BCUT2D eigenvalue weighted by molar-refractivity contribution is 0.170. The topological polar surface area (TPSA) is 109 Å². The van der Waals surface area contributed by atoms with Gasteiger partial charge >= 0.3 is 0 Å². The van der Waals surface area contributed by atoms with Gasteiger partial charge in [0.1, 0.15) is 29.0 Å². The number of fused-ring (bicyclic) bond motifs is 1. The van der Waals surface area contributed by atoms with Gasteiger partial charge in [-0.3, -0.25) is 4.90 Å². The number of hydrogen-bond donors (Lipinski definition) is 1. The lowest BCUT2D eigenvalue weighted by atomic mass is 10.1. The first kappa shape index (κ1) is 17.3. The van der Waals surface area contributed by atoms with Crippen LogP contribution in [-0.2, 0) is 6.54 Å². The quantitative estimate of drug-likeness (QED) is 0.577. The summed E-state index contributed by atoms with van der Waals surface area (Å²) in [4.78, 5) is 15.5. The molecule has 0 amide bonds. The molecule has 0 radical (unpaired) electrons. The van der Waals surface area contributed by atoms with Crippen LogP contribution < -0.4 is 5.73 Å². The molecule has 4 aromatic rings. The number of hydrogen-bond acceptors (Lipinski definition) is 7. The van der Waals surface area contributed by atoms with Crippen LogP contribution in [0.15, 0.2) is 48.9 Å². The van der Waals surface area contributed by atoms with Crippen LogP contribution in [-0.4, -0.2) is 42.6 Å². The number of nitrogens with two attached hydrogens (primary N) is 1. The largest absolute Gasteiger partial charge is 0.382 e. The molecule has 3 aromatic heterocycles. The minimum Gasteiger partial charge on any atom is -0.382 e. The van der Waals surface area contributed by atoms with Crippen molar-refractivity contribution >= 4 is 11.3 Å². The van der Waals surface area contributed by atoms with Crippen LogP contribution in [0.2, 0.25) is 0 Å². The van der Waals surface area contributed by atoms with E-state index in [1.165, 1.54) is 12.7 Å². The minimum absolute atomic E-state index is 0.407. The van der Waals surface area contributed by atoms with Gasteiger partial charge in [-0.15, -0.1) is 0 Å². The third-order valence-corrected chi connectivity index (χ3v) is 5.14. The van der Waals surface area contributed by atoms with Crippen molar-refractivity contribution < 1.29 is 0 Å². The molecule has 1 aliphatic rings. The molecule has 0 aliphatic carbocycles. The summed E-state index contributed by atoms with van der Waals surface area (Å²) in [6, 6.07) is 13.2. The number of aromatic nitrogens is 5. The maximum Gasteiger partial charge on any atom is 0.150 e. The van der Waals surface area contributed by atoms with Crippen molar-refractivity contribution in [3.05, 3.63) is 60.2 Å². The van der Waals surface area contributed by atoms with Gasteiger partial charge in [-0.05, 0) is 43.8 Å². The van der Waals surface area contributed by atoms with E-state index in [1.54, 1.807) is 18.3 Å². The zero-order valence-corrected chi connectivity index (χ0v) is 15.7. The molecule has 0 spiro atoms. The molecular weight excluding hydrogens is 364 g/mol. The number of likely N-dealkylation sites (tertiary alicyclic amines) is 1. The molecule has 0 saturated carbocycles. The van der Waals surface area contributed by atoms with Gasteiger partial charge in [0.25, 0.3) is 0 Å². The summed E-state index contributed by atoms with van der Waals surface area (Å²) in [7, 11) is 0. The number of anilines is 1. The summed E-state index contributed by atoms with van der Waals surface area (Å²) in [5, 5.41) is 13.9. The number of nitriles is 1. The Bertz CT molecular complexity index is 1220. The van der Waals surface area contributed by atoms with Gasteiger partial charge in [-0.2, -0.15) is 10.4 Å². The highest BCUT2D eigenvalue weighted by Gasteiger charge is 2.21. The van der Waals surface area contributed by atoms with E-state index in [-0.39, 0.29) is 0 Å². The van der Waals surface area contributed by atoms with Gasteiger partial charge in [0.2, 0.25) is 0 Å². The molecule has 1 fully saturated rings. The average molecular weight is 382 g/mol. The molecule has 8 nitrogen and oxygen atoms in total. The fourth-order valence-electron chi connectivity index (χ4n) is 3.52. The van der Waals surface area contributed by atoms with Crippen LogP contribution in [0.5, 0.6) is 0 Å². The Morgan fingerprint density at radius 2 is 1.97 bits per heavy atom. The van der Waals surface area contributed by atoms with Crippen molar-refractivity contribution in [3.63, 3.8) is 0 Å². The standard InChI is InChI=1S/C21H18N8/c22-11-14-2-4-15(5-3-14)19-20(17-6-7-24-13-25-17)29-18(21(23)26-19)10-16(27-29)12-28-8-1-9-28/h2-7,10,13H,1,8-9,12H2,(H2,23,26). The second-order valence-corrected chi connectivity index (χ2v) is 7.04. The SMILES string of the molecule is N#Cc1ccc(-c2nc(N)c3cc(CN4CCC4)nn3c2-c2ccncn2)cc1. The Morgan fingerprint density at radius 1 is 1.14 bits per heavy atom. The first-order valence-corrected chi connectivity index (χ1v) is 9.40. The van der Waals surface area contributed by atoms with Crippen molar-refractivity contribution in [2.45, 2.75) is 13.0 Å². The predicted octanol–water partition coefficient (Wildman–Crippen LogP) is 2.51. The molecule has 1 aliphatic heterocycles. The Balaban J connectivity index is 1.73. The van der Waals surface area contributed by atoms with Gasteiger partial charge in [0, 0.05) is 18.3 Å². The predicted molar refractivity (Wildman–Crippen MR) is 108 cm³/mol. The van der Waals surface area contributed by atoms with E-state index in [1.807, 2.05) is 28.8 Å². The molecule has 0 bridgehead atoms. The number of nitrogens with zero attached hydrogens (tertiary/aromatic N) is 7. The monoisotopic (exact) mass is 382 g/mol. The molecule has 142 valence electrons. The van der Waals surface area contributed by atoms with Crippen LogP contribution >= 0.6 is 0 Å². The fourth-order valence-corrected chi connectivity index (χ4v) is 3.52. The Morgan fingerprint density at radius 3 is 2.62 bits per heavy atom. The van der Waals surface area contributed by atoms with Gasteiger partial charge in [-0.1, -0.05) is 12.1 Å². The summed E-state index contributed by atoms with van der Waals surface area (Å²) in [6.07, 6.45) is 4.42. The zero-order chi connectivity index (χ0) is 19.8. The van der Waals surface area contributed by atoms with E-state index in [2.05, 4.69) is 20.9 Å². The Hall–Kier alpha value is -3.83. The molecule has 0 atom stereocenters. The van der Waals surface area contributed by atoms with Crippen molar-refractivity contribution in [3.8, 4) is 28.7 Å². The van der Waals surface area contributed by atoms with E-state index >= 15 is 0 Å². The van der Waals surface area contributed by atoms with E-state index < -0.39 is 0 Å². The third-order valence-electron chi connectivity index (χ3n) is 5.14. The normalized spacial score (nSPS) is 13.9. The van der Waals surface area contributed by atoms with E-state index in [9.17, 15) is 0 Å². The van der Waals surface area contributed by atoms with Gasteiger partial charge < -0.3 is 5.73 Å². The van der Waals surface area contributed by atoms with E-state index in [0.717, 1.165) is 42.1 Å². The molecule has 2 N–H and O–H groups in total. The second-order valence-electron chi connectivity index (χ2n) is 7.04. The van der Waals surface area contributed by atoms with Crippen LogP contribution in [0.1, 0.15) is 17.7 Å². The number of nitrogen functional groups attached to an aromatic ring is 1. The van der Waals surface area contributed by atoms with Gasteiger partial charge in [0.05, 0.1) is 23.0 Å². The molecule has 1 saturated heterocycles. The lowest BCUT2D eigenvalue weighted by Crippen LogP contribution is -2.36. The second kappa shape index (κ2) is 6.96. The smallest absolute Gasteiger partial charge is 0.150 e. The number of rotatable bonds is 4. The van der Waals surface area contributed by atoms with Crippen LogP contribution in [0.3, 0.4) is 0 Å². The van der Waals surface area contributed by atoms with Crippen molar-refractivity contribution in [2.24, 2.45) is 0 Å². The first-order valence-electron chi connectivity index (χ1n) is 9.40. The fraction of sp³-hybridized carbons (Fsp3) is 0.190. The van der Waals surface area contributed by atoms with Gasteiger partial charge in [0.15, 0.2) is 0 Å². The van der Waals surface area contributed by atoms with Crippen molar-refractivity contribution in [1.29, 1.82) is 5.26 Å². The molecule has 5 rings (SSSR count). The Labute approximate surface area is 167 Å². The summed E-state index contributed by atoms with van der Waals surface area (Å²) < 4.78 is 1.83. The zero-order valence-electron chi connectivity index (χ0n) is 15.7. The molecule has 1 aromatic carbocycles. The van der Waals surface area contributed by atoms with Crippen LogP contribution in [0.25, 0.3) is 28.2 Å². The van der Waals surface area contributed by atoms with Crippen LogP contribution in [0.4, 0.5) is 5.82 Å². The Kier molecular flexibility index (Phi) is 4.15. The summed E-state index contributed by atoms with van der Waals surface area (Å²) in [5.74, 6) is 0.407. The van der Waals surface area contributed by atoms with E-state index in [0.29, 0.717) is 22.8 Å². The number of benzene rings is 1. The highest BCUT2D eigenvalue weighted by atomic mass is 15.3. The van der Waals surface area contributed by atoms with Crippen LogP contribution in [0, 0.1) is 11.3 Å². The summed E-state index contributed by atoms with van der Waals surface area (Å²) in [6.45, 7) is 2.98. The molecule has 8 heteroatoms. The maximum absolute atomic E-state index is 9.10. The highest BCUT2D eigenvalue weighted by molar-refractivity contribution is 5.82. The van der Waals surface area contributed by atoms with E-state index in [4.69, 9.17) is 21.1 Å². The first-order chi connectivity index (χ1) is 14.2.